The van der Waals surface area contributed by atoms with Gasteiger partial charge in [0.15, 0.2) is 0 Å². The van der Waals surface area contributed by atoms with Crippen LogP contribution >= 0.6 is 11.3 Å². The summed E-state index contributed by atoms with van der Waals surface area (Å²) >= 11 is 1.76. The molecule has 1 aliphatic heterocycles. The van der Waals surface area contributed by atoms with Gasteiger partial charge in [-0.1, -0.05) is 12.1 Å². The van der Waals surface area contributed by atoms with Crippen molar-refractivity contribution < 1.29 is 9.47 Å². The lowest BCUT2D eigenvalue weighted by atomic mass is 10.1. The molecule has 1 atom stereocenters. The van der Waals surface area contributed by atoms with Gasteiger partial charge in [0, 0.05) is 30.0 Å². The monoisotopic (exact) mass is 332 g/mol. The average molecular weight is 332 g/mol. The number of hydrogen-bond acceptors (Lipinski definition) is 5. The van der Waals surface area contributed by atoms with Crippen molar-refractivity contribution in [1.82, 2.24) is 10.3 Å². The molecule has 1 aromatic carbocycles. The van der Waals surface area contributed by atoms with Crippen molar-refractivity contribution in [2.75, 3.05) is 13.2 Å². The summed E-state index contributed by atoms with van der Waals surface area (Å²) in [5, 5.41) is 4.64. The number of nitrogens with zero attached hydrogens (tertiary/aromatic N) is 1. The molecular formula is C18H24N2O2S. The van der Waals surface area contributed by atoms with Crippen LogP contribution in [-0.4, -0.2) is 24.3 Å². The van der Waals surface area contributed by atoms with Crippen molar-refractivity contribution in [2.24, 2.45) is 0 Å². The molecule has 3 rings (SSSR count). The van der Waals surface area contributed by atoms with Gasteiger partial charge < -0.3 is 14.8 Å². The molecule has 0 aliphatic carbocycles. The molecule has 1 fully saturated rings. The van der Waals surface area contributed by atoms with E-state index in [2.05, 4.69) is 49.3 Å². The van der Waals surface area contributed by atoms with Gasteiger partial charge in [0.1, 0.15) is 11.9 Å². The Hall–Kier alpha value is -1.43. The first-order chi connectivity index (χ1) is 11.1. The number of aryl methyl sites for hydroxylation is 3. The van der Waals surface area contributed by atoms with Crippen LogP contribution in [0.15, 0.2) is 18.2 Å². The molecule has 0 spiro atoms. The zero-order valence-electron chi connectivity index (χ0n) is 14.0. The summed E-state index contributed by atoms with van der Waals surface area (Å²) in [6, 6.07) is 6.41. The second-order valence-electron chi connectivity index (χ2n) is 6.06. The average Bonchev–Trinajstić information content (AvgIpc) is 3.11. The molecule has 0 amide bonds. The van der Waals surface area contributed by atoms with Crippen LogP contribution in [0.1, 0.15) is 33.1 Å². The van der Waals surface area contributed by atoms with E-state index in [4.69, 9.17) is 9.47 Å². The zero-order valence-corrected chi connectivity index (χ0v) is 14.8. The Morgan fingerprint density at radius 3 is 2.87 bits per heavy atom. The molecule has 124 valence electrons. The Balaban J connectivity index is 1.63. The van der Waals surface area contributed by atoms with Gasteiger partial charge in [0.25, 0.3) is 0 Å². The van der Waals surface area contributed by atoms with Gasteiger partial charge in [0.2, 0.25) is 0 Å². The maximum Gasteiger partial charge on any atom is 0.124 e. The summed E-state index contributed by atoms with van der Waals surface area (Å²) in [6.07, 6.45) is 1.15. The molecule has 0 radical (unpaired) electrons. The first-order valence-electron chi connectivity index (χ1n) is 8.09. The van der Waals surface area contributed by atoms with E-state index in [1.54, 1.807) is 11.3 Å². The van der Waals surface area contributed by atoms with Crippen molar-refractivity contribution in [1.29, 1.82) is 0 Å². The Kier molecular flexibility index (Phi) is 5.30. The van der Waals surface area contributed by atoms with Gasteiger partial charge in [-0.05, 0) is 32.4 Å². The van der Waals surface area contributed by atoms with Crippen LogP contribution in [0.4, 0.5) is 0 Å². The minimum atomic E-state index is 0.182. The SMILES string of the molecule is Cc1ccc(CNCc2sc(C)nc2C)c(O[C@H]2CCOC2)c1. The Bertz CT molecular complexity index is 663. The predicted molar refractivity (Wildman–Crippen MR) is 93.2 cm³/mol. The lowest BCUT2D eigenvalue weighted by Crippen LogP contribution is -2.19. The lowest BCUT2D eigenvalue weighted by Gasteiger charge is -2.16. The van der Waals surface area contributed by atoms with Crippen molar-refractivity contribution >= 4 is 11.3 Å². The number of hydrogen-bond donors (Lipinski definition) is 1. The van der Waals surface area contributed by atoms with Gasteiger partial charge >= 0.3 is 0 Å². The fraction of sp³-hybridized carbons (Fsp3) is 0.500. The molecule has 1 N–H and O–H groups in total. The topological polar surface area (TPSA) is 43.4 Å². The van der Waals surface area contributed by atoms with Gasteiger partial charge in [-0.15, -0.1) is 11.3 Å². The summed E-state index contributed by atoms with van der Waals surface area (Å²) in [5.41, 5.74) is 3.54. The molecule has 23 heavy (non-hydrogen) atoms. The number of thiazole rings is 1. The quantitative estimate of drug-likeness (QED) is 0.879. The molecule has 0 saturated carbocycles. The lowest BCUT2D eigenvalue weighted by molar-refractivity contribution is 0.140. The number of ether oxygens (including phenoxy) is 2. The third-order valence-corrected chi connectivity index (χ3v) is 5.08. The first-order valence-corrected chi connectivity index (χ1v) is 8.91. The Labute approximate surface area is 141 Å². The minimum absolute atomic E-state index is 0.182. The van der Waals surface area contributed by atoms with E-state index in [1.165, 1.54) is 16.0 Å². The molecule has 1 aliphatic rings. The van der Waals surface area contributed by atoms with Crippen molar-refractivity contribution in [2.45, 2.75) is 46.4 Å². The van der Waals surface area contributed by atoms with E-state index in [1.807, 2.05) is 0 Å². The molecule has 0 bridgehead atoms. The fourth-order valence-electron chi connectivity index (χ4n) is 2.75. The summed E-state index contributed by atoms with van der Waals surface area (Å²) in [4.78, 5) is 5.78. The smallest absolute Gasteiger partial charge is 0.124 e. The van der Waals surface area contributed by atoms with Gasteiger partial charge in [-0.2, -0.15) is 0 Å². The van der Waals surface area contributed by atoms with Gasteiger partial charge in [-0.3, -0.25) is 0 Å². The van der Waals surface area contributed by atoms with Crippen LogP contribution in [0.25, 0.3) is 0 Å². The van der Waals surface area contributed by atoms with Gasteiger partial charge in [-0.25, -0.2) is 4.98 Å². The first kappa shape index (κ1) is 16.4. The van der Waals surface area contributed by atoms with Crippen LogP contribution in [-0.2, 0) is 17.8 Å². The van der Waals surface area contributed by atoms with Crippen LogP contribution in [0.5, 0.6) is 5.75 Å². The number of nitrogens with one attached hydrogen (secondary N) is 1. The molecule has 2 aromatic rings. The summed E-state index contributed by atoms with van der Waals surface area (Å²) in [7, 11) is 0. The molecule has 0 unspecified atom stereocenters. The molecule has 5 heteroatoms. The van der Waals surface area contributed by atoms with E-state index < -0.39 is 0 Å². The highest BCUT2D eigenvalue weighted by molar-refractivity contribution is 7.11. The fourth-order valence-corrected chi connectivity index (χ4v) is 3.66. The molecule has 4 nitrogen and oxygen atoms in total. The number of aromatic nitrogens is 1. The predicted octanol–water partition coefficient (Wildman–Crippen LogP) is 3.53. The molecule has 1 saturated heterocycles. The minimum Gasteiger partial charge on any atom is -0.488 e. The van der Waals surface area contributed by atoms with E-state index in [0.717, 1.165) is 42.6 Å². The van der Waals surface area contributed by atoms with Crippen molar-refractivity contribution in [3.63, 3.8) is 0 Å². The molecule has 1 aromatic heterocycles. The number of benzene rings is 1. The summed E-state index contributed by atoms with van der Waals surface area (Å²) in [5.74, 6) is 0.977. The second kappa shape index (κ2) is 7.43. The van der Waals surface area contributed by atoms with Crippen LogP contribution in [0.2, 0.25) is 0 Å². The van der Waals surface area contributed by atoms with Crippen molar-refractivity contribution in [3.8, 4) is 5.75 Å². The molecular weight excluding hydrogens is 308 g/mol. The van der Waals surface area contributed by atoms with E-state index in [9.17, 15) is 0 Å². The highest BCUT2D eigenvalue weighted by Gasteiger charge is 2.18. The Morgan fingerprint density at radius 2 is 2.17 bits per heavy atom. The van der Waals surface area contributed by atoms with Crippen LogP contribution < -0.4 is 10.1 Å². The highest BCUT2D eigenvalue weighted by Crippen LogP contribution is 2.24. The highest BCUT2D eigenvalue weighted by atomic mass is 32.1. The summed E-state index contributed by atoms with van der Waals surface area (Å²) in [6.45, 7) is 9.35. The third-order valence-electron chi connectivity index (χ3n) is 4.00. The van der Waals surface area contributed by atoms with Crippen LogP contribution in [0.3, 0.4) is 0 Å². The second-order valence-corrected chi connectivity index (χ2v) is 7.35. The normalized spacial score (nSPS) is 17.6. The Morgan fingerprint density at radius 1 is 1.30 bits per heavy atom. The summed E-state index contributed by atoms with van der Waals surface area (Å²) < 4.78 is 11.6. The maximum absolute atomic E-state index is 6.14. The van der Waals surface area contributed by atoms with Crippen molar-refractivity contribution in [3.05, 3.63) is 44.9 Å². The van der Waals surface area contributed by atoms with Crippen LogP contribution in [0, 0.1) is 20.8 Å². The number of rotatable bonds is 6. The largest absolute Gasteiger partial charge is 0.488 e. The van der Waals surface area contributed by atoms with E-state index >= 15 is 0 Å². The van der Waals surface area contributed by atoms with E-state index in [0.29, 0.717) is 6.61 Å². The standard InChI is InChI=1S/C18H24N2O2S/c1-12-4-5-15(17(8-12)22-16-6-7-21-11-16)9-19-10-18-13(2)20-14(3)23-18/h4-5,8,16,19H,6-7,9-11H2,1-3H3/t16-/m0/s1. The third kappa shape index (κ3) is 4.31. The maximum atomic E-state index is 6.14. The van der Waals surface area contributed by atoms with E-state index in [-0.39, 0.29) is 6.10 Å². The molecule has 2 heterocycles. The zero-order chi connectivity index (χ0) is 16.2. The van der Waals surface area contributed by atoms with Gasteiger partial charge in [0.05, 0.1) is 23.9 Å².